The molecule has 4 nitrogen and oxygen atoms in total. The maximum atomic E-state index is 11.0. The van der Waals surface area contributed by atoms with Crippen LogP contribution in [-0.2, 0) is 19.0 Å². The summed E-state index contributed by atoms with van der Waals surface area (Å²) in [6, 6.07) is 0. The molecule has 1 heterocycles. The van der Waals surface area contributed by atoms with Crippen molar-refractivity contribution in [3.63, 3.8) is 0 Å². The van der Waals surface area contributed by atoms with E-state index in [0.29, 0.717) is 13.0 Å². The van der Waals surface area contributed by atoms with Crippen LogP contribution in [0.2, 0.25) is 0 Å². The van der Waals surface area contributed by atoms with Gasteiger partial charge in [0.15, 0.2) is 6.29 Å². The van der Waals surface area contributed by atoms with Gasteiger partial charge in [0.1, 0.15) is 0 Å². The van der Waals surface area contributed by atoms with Crippen molar-refractivity contribution in [1.82, 2.24) is 0 Å². The number of carbonyl (C=O) groups is 1. The SMILES string of the molecule is CCOC(=O)/C=C/C[C@H](C)OC1CCCCO1. The minimum Gasteiger partial charge on any atom is -0.463 e. The molecule has 0 amide bonds. The van der Waals surface area contributed by atoms with Gasteiger partial charge in [0.25, 0.3) is 0 Å². The van der Waals surface area contributed by atoms with Crippen LogP contribution in [-0.4, -0.2) is 31.6 Å². The second kappa shape index (κ2) is 8.25. The highest BCUT2D eigenvalue weighted by Gasteiger charge is 2.16. The van der Waals surface area contributed by atoms with Gasteiger partial charge in [-0.3, -0.25) is 0 Å². The molecule has 0 N–H and O–H groups in total. The van der Waals surface area contributed by atoms with E-state index in [0.717, 1.165) is 25.9 Å². The van der Waals surface area contributed by atoms with E-state index in [2.05, 4.69) is 0 Å². The molecule has 0 aromatic heterocycles. The maximum absolute atomic E-state index is 11.0. The molecule has 17 heavy (non-hydrogen) atoms. The quantitative estimate of drug-likeness (QED) is 0.530. The number of rotatable bonds is 6. The smallest absolute Gasteiger partial charge is 0.330 e. The Morgan fingerprint density at radius 3 is 3.00 bits per heavy atom. The highest BCUT2D eigenvalue weighted by Crippen LogP contribution is 2.16. The summed E-state index contributed by atoms with van der Waals surface area (Å²) in [7, 11) is 0. The lowest BCUT2D eigenvalue weighted by atomic mass is 10.2. The normalized spacial score (nSPS) is 22.6. The van der Waals surface area contributed by atoms with Crippen LogP contribution < -0.4 is 0 Å². The van der Waals surface area contributed by atoms with Crippen LogP contribution in [0.4, 0.5) is 0 Å². The summed E-state index contributed by atoms with van der Waals surface area (Å²) in [4.78, 5) is 11.0. The van der Waals surface area contributed by atoms with E-state index in [1.54, 1.807) is 13.0 Å². The van der Waals surface area contributed by atoms with Gasteiger partial charge in [0.05, 0.1) is 12.7 Å². The molecule has 1 fully saturated rings. The summed E-state index contributed by atoms with van der Waals surface area (Å²) in [6.07, 6.45) is 7.16. The molecule has 2 atom stereocenters. The largest absolute Gasteiger partial charge is 0.463 e. The molecule has 1 aliphatic heterocycles. The first-order chi connectivity index (χ1) is 8.22. The first-order valence-corrected chi connectivity index (χ1v) is 6.32. The van der Waals surface area contributed by atoms with Gasteiger partial charge in [0.2, 0.25) is 0 Å². The summed E-state index contributed by atoms with van der Waals surface area (Å²) < 4.78 is 16.0. The standard InChI is InChI=1S/C13H22O4/c1-3-15-12(14)8-6-7-11(2)17-13-9-4-5-10-16-13/h6,8,11,13H,3-5,7,9-10H2,1-2H3/b8-6+/t11-,13?/m0/s1. The van der Waals surface area contributed by atoms with Gasteiger partial charge < -0.3 is 14.2 Å². The maximum Gasteiger partial charge on any atom is 0.330 e. The Kier molecular flexibility index (Phi) is 6.89. The van der Waals surface area contributed by atoms with Crippen LogP contribution in [0, 0.1) is 0 Å². The van der Waals surface area contributed by atoms with E-state index in [1.807, 2.05) is 6.92 Å². The van der Waals surface area contributed by atoms with Crippen molar-refractivity contribution >= 4 is 5.97 Å². The minimum atomic E-state index is -0.298. The third-order valence-electron chi connectivity index (χ3n) is 2.53. The molecule has 4 heteroatoms. The fraction of sp³-hybridized carbons (Fsp3) is 0.769. The number of hydrogen-bond donors (Lipinski definition) is 0. The number of hydrogen-bond acceptors (Lipinski definition) is 4. The van der Waals surface area contributed by atoms with Gasteiger partial charge in [-0.15, -0.1) is 0 Å². The van der Waals surface area contributed by atoms with Crippen molar-refractivity contribution in [1.29, 1.82) is 0 Å². The molecule has 0 saturated carbocycles. The summed E-state index contributed by atoms with van der Waals surface area (Å²) >= 11 is 0. The molecule has 1 aliphatic rings. The Hall–Kier alpha value is -0.870. The topological polar surface area (TPSA) is 44.8 Å². The van der Waals surface area contributed by atoms with Gasteiger partial charge in [-0.2, -0.15) is 0 Å². The molecular weight excluding hydrogens is 220 g/mol. The zero-order chi connectivity index (χ0) is 12.5. The Labute approximate surface area is 103 Å². The zero-order valence-electron chi connectivity index (χ0n) is 10.7. The average Bonchev–Trinajstić information content (AvgIpc) is 2.30. The van der Waals surface area contributed by atoms with Crippen molar-refractivity contribution in [3.05, 3.63) is 12.2 Å². The number of esters is 1. The van der Waals surface area contributed by atoms with Gasteiger partial charge >= 0.3 is 5.97 Å². The molecule has 1 rings (SSSR count). The van der Waals surface area contributed by atoms with E-state index in [9.17, 15) is 4.79 Å². The third kappa shape index (κ3) is 6.44. The predicted octanol–water partition coefficient (Wildman–Crippen LogP) is 2.43. The molecule has 0 aromatic rings. The van der Waals surface area contributed by atoms with Crippen LogP contribution in [0.1, 0.15) is 39.5 Å². The highest BCUT2D eigenvalue weighted by atomic mass is 16.7. The Morgan fingerprint density at radius 2 is 2.35 bits per heavy atom. The van der Waals surface area contributed by atoms with Crippen molar-refractivity contribution in [2.24, 2.45) is 0 Å². The predicted molar refractivity (Wildman–Crippen MR) is 64.5 cm³/mol. The molecule has 1 saturated heterocycles. The van der Waals surface area contributed by atoms with Crippen molar-refractivity contribution in [2.75, 3.05) is 13.2 Å². The van der Waals surface area contributed by atoms with Gasteiger partial charge in [-0.05, 0) is 39.5 Å². The third-order valence-corrected chi connectivity index (χ3v) is 2.53. The average molecular weight is 242 g/mol. The molecule has 0 aliphatic carbocycles. The molecule has 0 radical (unpaired) electrons. The lowest BCUT2D eigenvalue weighted by Crippen LogP contribution is -2.26. The second-order valence-electron chi connectivity index (χ2n) is 4.13. The fourth-order valence-corrected chi connectivity index (χ4v) is 1.68. The molecule has 0 bridgehead atoms. The fourth-order valence-electron chi connectivity index (χ4n) is 1.68. The number of carbonyl (C=O) groups excluding carboxylic acids is 1. The second-order valence-corrected chi connectivity index (χ2v) is 4.13. The van der Waals surface area contributed by atoms with Crippen molar-refractivity contribution in [2.45, 2.75) is 51.9 Å². The van der Waals surface area contributed by atoms with E-state index in [1.165, 1.54) is 6.08 Å². The van der Waals surface area contributed by atoms with E-state index in [-0.39, 0.29) is 18.4 Å². The lowest BCUT2D eigenvalue weighted by molar-refractivity contribution is -0.183. The van der Waals surface area contributed by atoms with Crippen molar-refractivity contribution in [3.8, 4) is 0 Å². The van der Waals surface area contributed by atoms with Crippen LogP contribution in [0.15, 0.2) is 12.2 Å². The minimum absolute atomic E-state index is 0.0591. The van der Waals surface area contributed by atoms with Gasteiger partial charge in [0, 0.05) is 12.7 Å². The highest BCUT2D eigenvalue weighted by molar-refractivity contribution is 5.81. The summed E-state index contributed by atoms with van der Waals surface area (Å²) in [6.45, 7) is 4.96. The molecule has 0 spiro atoms. The Morgan fingerprint density at radius 1 is 1.53 bits per heavy atom. The van der Waals surface area contributed by atoms with Gasteiger partial charge in [-0.1, -0.05) is 6.08 Å². The Balaban J connectivity index is 2.15. The van der Waals surface area contributed by atoms with E-state index < -0.39 is 0 Å². The molecule has 1 unspecified atom stereocenters. The van der Waals surface area contributed by atoms with Crippen molar-refractivity contribution < 1.29 is 19.0 Å². The van der Waals surface area contributed by atoms with E-state index in [4.69, 9.17) is 14.2 Å². The van der Waals surface area contributed by atoms with Gasteiger partial charge in [-0.25, -0.2) is 4.79 Å². The first-order valence-electron chi connectivity index (χ1n) is 6.32. The molecule has 0 aromatic carbocycles. The summed E-state index contributed by atoms with van der Waals surface area (Å²) in [5.41, 5.74) is 0. The summed E-state index contributed by atoms with van der Waals surface area (Å²) in [5.74, 6) is -0.298. The molecule has 98 valence electrons. The van der Waals surface area contributed by atoms with Crippen LogP contribution in [0.5, 0.6) is 0 Å². The lowest BCUT2D eigenvalue weighted by Gasteiger charge is -2.25. The monoisotopic (exact) mass is 242 g/mol. The van der Waals surface area contributed by atoms with E-state index >= 15 is 0 Å². The Bertz CT molecular complexity index is 244. The summed E-state index contributed by atoms with van der Waals surface area (Å²) in [5, 5.41) is 0. The van der Waals surface area contributed by atoms with Crippen LogP contribution >= 0.6 is 0 Å². The van der Waals surface area contributed by atoms with Crippen LogP contribution in [0.3, 0.4) is 0 Å². The zero-order valence-corrected chi connectivity index (χ0v) is 10.7. The number of ether oxygens (including phenoxy) is 3. The van der Waals surface area contributed by atoms with Crippen LogP contribution in [0.25, 0.3) is 0 Å². The first kappa shape index (κ1) is 14.2. The molecular formula is C13H22O4.